The number of hydrogen-bond donors (Lipinski definition) is 1. The minimum atomic E-state index is -0.422. The minimum absolute atomic E-state index is 0.280. The van der Waals surface area contributed by atoms with Gasteiger partial charge in [-0.15, -0.1) is 0 Å². The van der Waals surface area contributed by atoms with Crippen molar-refractivity contribution in [1.29, 1.82) is 0 Å². The van der Waals surface area contributed by atoms with Gasteiger partial charge in [0, 0.05) is 18.0 Å². The summed E-state index contributed by atoms with van der Waals surface area (Å²) < 4.78 is 30.1. The molecule has 15 heavy (non-hydrogen) atoms. The maximum Gasteiger partial charge on any atom is 0.124 e. The Bertz CT molecular complexity index is 315. The highest BCUT2D eigenvalue weighted by molar-refractivity contribution is 5.36. The second-order valence-corrected chi connectivity index (χ2v) is 3.36. The predicted octanol–water partition coefficient (Wildman–Crippen LogP) is 2.58. The van der Waals surface area contributed by atoms with E-state index in [1.165, 1.54) is 18.2 Å². The van der Waals surface area contributed by atoms with Gasteiger partial charge in [0.25, 0.3) is 0 Å². The van der Waals surface area contributed by atoms with Crippen molar-refractivity contribution in [3.8, 4) is 5.75 Å². The predicted molar refractivity (Wildman–Crippen MR) is 55.1 cm³/mol. The van der Waals surface area contributed by atoms with Gasteiger partial charge in [-0.2, -0.15) is 0 Å². The normalized spacial score (nSPS) is 12.5. The lowest BCUT2D eigenvalue weighted by Gasteiger charge is -2.13. The quantitative estimate of drug-likeness (QED) is 0.766. The standard InChI is InChI=1S/C11H15F2NO/c1-8(14)10-7-9(13)3-4-11(10)15-6-2-5-12/h3-4,7-8H,2,5-6,14H2,1H3/t8-/m0/s1. The van der Waals surface area contributed by atoms with E-state index in [1.54, 1.807) is 6.92 Å². The number of ether oxygens (including phenoxy) is 1. The molecule has 0 saturated heterocycles. The van der Waals surface area contributed by atoms with E-state index in [-0.39, 0.29) is 18.5 Å². The average molecular weight is 215 g/mol. The van der Waals surface area contributed by atoms with E-state index in [1.807, 2.05) is 0 Å². The molecular weight excluding hydrogens is 200 g/mol. The van der Waals surface area contributed by atoms with Gasteiger partial charge in [-0.3, -0.25) is 4.39 Å². The van der Waals surface area contributed by atoms with Gasteiger partial charge in [0.2, 0.25) is 0 Å². The summed E-state index contributed by atoms with van der Waals surface area (Å²) in [5.41, 5.74) is 6.27. The largest absolute Gasteiger partial charge is 0.493 e. The van der Waals surface area contributed by atoms with Gasteiger partial charge in [-0.1, -0.05) is 0 Å². The van der Waals surface area contributed by atoms with Crippen LogP contribution in [0.4, 0.5) is 8.78 Å². The van der Waals surface area contributed by atoms with Gasteiger partial charge in [0.15, 0.2) is 0 Å². The number of hydrogen-bond acceptors (Lipinski definition) is 2. The Morgan fingerprint density at radius 3 is 2.80 bits per heavy atom. The molecule has 4 heteroatoms. The highest BCUT2D eigenvalue weighted by Gasteiger charge is 2.09. The summed E-state index contributed by atoms with van der Waals surface area (Å²) >= 11 is 0. The summed E-state index contributed by atoms with van der Waals surface area (Å²) in [5.74, 6) is 0.181. The van der Waals surface area contributed by atoms with Crippen molar-refractivity contribution in [2.75, 3.05) is 13.3 Å². The average Bonchev–Trinajstić information content (AvgIpc) is 2.20. The van der Waals surface area contributed by atoms with Crippen molar-refractivity contribution in [2.24, 2.45) is 5.73 Å². The Labute approximate surface area is 88.0 Å². The smallest absolute Gasteiger partial charge is 0.124 e. The molecule has 0 heterocycles. The maximum absolute atomic E-state index is 12.9. The lowest BCUT2D eigenvalue weighted by molar-refractivity contribution is 0.285. The lowest BCUT2D eigenvalue weighted by atomic mass is 10.1. The summed E-state index contributed by atoms with van der Waals surface area (Å²) in [5, 5.41) is 0. The molecule has 0 fully saturated rings. The van der Waals surface area contributed by atoms with Crippen LogP contribution in [0, 0.1) is 5.82 Å². The third-order valence-corrected chi connectivity index (χ3v) is 2.00. The molecule has 0 radical (unpaired) electrons. The van der Waals surface area contributed by atoms with E-state index in [0.717, 1.165) is 0 Å². The van der Waals surface area contributed by atoms with E-state index >= 15 is 0 Å². The van der Waals surface area contributed by atoms with E-state index in [2.05, 4.69) is 0 Å². The molecule has 2 nitrogen and oxygen atoms in total. The molecule has 84 valence electrons. The first-order chi connectivity index (χ1) is 7.15. The van der Waals surface area contributed by atoms with Gasteiger partial charge in [-0.05, 0) is 25.1 Å². The molecule has 0 aliphatic heterocycles. The fourth-order valence-electron chi connectivity index (χ4n) is 1.24. The zero-order valence-corrected chi connectivity index (χ0v) is 8.67. The van der Waals surface area contributed by atoms with Gasteiger partial charge < -0.3 is 10.5 Å². The zero-order valence-electron chi connectivity index (χ0n) is 8.67. The molecule has 1 rings (SSSR count). The van der Waals surface area contributed by atoms with Crippen LogP contribution in [0.15, 0.2) is 18.2 Å². The molecule has 1 aromatic carbocycles. The summed E-state index contributed by atoms with van der Waals surface area (Å²) in [6.07, 6.45) is 0.329. The first kappa shape index (κ1) is 11.9. The molecule has 0 unspecified atom stereocenters. The van der Waals surface area contributed by atoms with Crippen molar-refractivity contribution in [2.45, 2.75) is 19.4 Å². The molecule has 1 aromatic rings. The molecule has 0 spiro atoms. The molecule has 0 saturated carbocycles. The van der Waals surface area contributed by atoms with E-state index in [0.29, 0.717) is 17.7 Å². The van der Waals surface area contributed by atoms with Crippen LogP contribution in [-0.2, 0) is 0 Å². The lowest BCUT2D eigenvalue weighted by Crippen LogP contribution is -2.09. The highest BCUT2D eigenvalue weighted by Crippen LogP contribution is 2.24. The molecular formula is C11H15F2NO. The first-order valence-electron chi connectivity index (χ1n) is 4.89. The molecule has 0 aromatic heterocycles. The third-order valence-electron chi connectivity index (χ3n) is 2.00. The monoisotopic (exact) mass is 215 g/mol. The molecule has 0 aliphatic carbocycles. The second kappa shape index (κ2) is 5.66. The highest BCUT2D eigenvalue weighted by atomic mass is 19.1. The van der Waals surface area contributed by atoms with Crippen LogP contribution < -0.4 is 10.5 Å². The number of alkyl halides is 1. The van der Waals surface area contributed by atoms with Crippen molar-refractivity contribution in [3.63, 3.8) is 0 Å². The topological polar surface area (TPSA) is 35.2 Å². The van der Waals surface area contributed by atoms with Gasteiger partial charge in [0.05, 0.1) is 13.3 Å². The maximum atomic E-state index is 12.9. The zero-order chi connectivity index (χ0) is 11.3. The first-order valence-corrected chi connectivity index (χ1v) is 4.89. The SMILES string of the molecule is C[C@H](N)c1cc(F)ccc1OCCCF. The van der Waals surface area contributed by atoms with E-state index in [9.17, 15) is 8.78 Å². The summed E-state index contributed by atoms with van der Waals surface area (Å²) in [7, 11) is 0. The van der Waals surface area contributed by atoms with Crippen molar-refractivity contribution < 1.29 is 13.5 Å². The van der Waals surface area contributed by atoms with Crippen LogP contribution >= 0.6 is 0 Å². The van der Waals surface area contributed by atoms with Gasteiger partial charge >= 0.3 is 0 Å². The van der Waals surface area contributed by atoms with Gasteiger partial charge in [0.1, 0.15) is 11.6 Å². The van der Waals surface area contributed by atoms with Crippen LogP contribution in [0.3, 0.4) is 0 Å². The number of halogens is 2. The van der Waals surface area contributed by atoms with Crippen LogP contribution in [0.2, 0.25) is 0 Å². The minimum Gasteiger partial charge on any atom is -0.493 e. The Kier molecular flexibility index (Phi) is 4.49. The summed E-state index contributed by atoms with van der Waals surface area (Å²) in [6.45, 7) is 1.60. The van der Waals surface area contributed by atoms with E-state index < -0.39 is 6.67 Å². The van der Waals surface area contributed by atoms with Gasteiger partial charge in [-0.25, -0.2) is 4.39 Å². The molecule has 0 bridgehead atoms. The van der Waals surface area contributed by atoms with Crippen LogP contribution in [0.1, 0.15) is 24.9 Å². The van der Waals surface area contributed by atoms with Crippen LogP contribution in [0.25, 0.3) is 0 Å². The summed E-state index contributed by atoms with van der Waals surface area (Å²) in [6, 6.07) is 3.86. The molecule has 0 amide bonds. The van der Waals surface area contributed by atoms with Crippen molar-refractivity contribution in [1.82, 2.24) is 0 Å². The molecule has 1 atom stereocenters. The van der Waals surface area contributed by atoms with Crippen molar-refractivity contribution in [3.05, 3.63) is 29.6 Å². The van der Waals surface area contributed by atoms with Crippen molar-refractivity contribution >= 4 is 0 Å². The Morgan fingerprint density at radius 2 is 2.20 bits per heavy atom. The Balaban J connectivity index is 2.77. The molecule has 2 N–H and O–H groups in total. The van der Waals surface area contributed by atoms with Crippen LogP contribution in [-0.4, -0.2) is 13.3 Å². The fourth-order valence-corrected chi connectivity index (χ4v) is 1.24. The fraction of sp³-hybridized carbons (Fsp3) is 0.455. The van der Waals surface area contributed by atoms with E-state index in [4.69, 9.17) is 10.5 Å². The number of nitrogens with two attached hydrogens (primary N) is 1. The Morgan fingerprint density at radius 1 is 1.47 bits per heavy atom. The second-order valence-electron chi connectivity index (χ2n) is 3.36. The Hall–Kier alpha value is -1.16. The number of rotatable bonds is 5. The third kappa shape index (κ3) is 3.47. The number of benzene rings is 1. The summed E-state index contributed by atoms with van der Waals surface area (Å²) in [4.78, 5) is 0. The van der Waals surface area contributed by atoms with Crippen LogP contribution in [0.5, 0.6) is 5.75 Å². The molecule has 0 aliphatic rings.